The largest absolute Gasteiger partial charge is 0.236 e. The number of benzene rings is 2. The van der Waals surface area contributed by atoms with Gasteiger partial charge in [-0.15, -0.1) is 0 Å². The summed E-state index contributed by atoms with van der Waals surface area (Å²) in [6.45, 7) is 2.08. The normalized spacial score (nSPS) is 10.8. The minimum absolute atomic E-state index is 0.782. The van der Waals surface area contributed by atoms with Crippen LogP contribution in [0.2, 0.25) is 0 Å². The van der Waals surface area contributed by atoms with Crippen molar-refractivity contribution in [3.05, 3.63) is 57.8 Å². The lowest BCUT2D eigenvalue weighted by molar-refractivity contribution is 1.22. The fourth-order valence-electron chi connectivity index (χ4n) is 1.87. The maximum Gasteiger partial charge on any atom is 0.159 e. The molecule has 0 amide bonds. The Kier molecular flexibility index (Phi) is 2.99. The molecule has 2 aromatic carbocycles. The van der Waals surface area contributed by atoms with Crippen LogP contribution in [0, 0.1) is 10.5 Å². The van der Waals surface area contributed by atoms with Crippen LogP contribution in [0.1, 0.15) is 5.56 Å². The lowest BCUT2D eigenvalue weighted by atomic mass is 10.1. The van der Waals surface area contributed by atoms with Crippen molar-refractivity contribution in [3.63, 3.8) is 0 Å². The van der Waals surface area contributed by atoms with Gasteiger partial charge in [-0.05, 0) is 53.3 Å². The molecule has 0 aliphatic carbocycles. The van der Waals surface area contributed by atoms with Crippen molar-refractivity contribution in [2.75, 3.05) is 0 Å². The molecule has 3 aromatic rings. The quantitative estimate of drug-likeness (QED) is 0.617. The summed E-state index contributed by atoms with van der Waals surface area (Å²) in [6, 6.07) is 14.5. The van der Waals surface area contributed by atoms with Gasteiger partial charge in [0.1, 0.15) is 0 Å². The van der Waals surface area contributed by atoms with Gasteiger partial charge in [0.15, 0.2) is 5.82 Å². The monoisotopic (exact) mass is 346 g/mol. The third kappa shape index (κ3) is 2.22. The van der Waals surface area contributed by atoms with Crippen LogP contribution in [0.15, 0.2) is 48.7 Å². The Morgan fingerprint density at radius 3 is 2.56 bits per heavy atom. The van der Waals surface area contributed by atoms with Crippen molar-refractivity contribution in [2.24, 2.45) is 0 Å². The van der Waals surface area contributed by atoms with Gasteiger partial charge in [0.05, 0.1) is 5.52 Å². The second kappa shape index (κ2) is 4.65. The van der Waals surface area contributed by atoms with Gasteiger partial charge in [0.25, 0.3) is 0 Å². The Morgan fingerprint density at radius 1 is 1.00 bits per heavy atom. The second-order valence-corrected chi connectivity index (χ2v) is 5.51. The summed E-state index contributed by atoms with van der Waals surface area (Å²) in [6.07, 6.45) is 1.88. The van der Waals surface area contributed by atoms with Crippen LogP contribution in [-0.4, -0.2) is 9.97 Å². The van der Waals surface area contributed by atoms with E-state index in [4.69, 9.17) is 0 Å². The van der Waals surface area contributed by atoms with Gasteiger partial charge >= 0.3 is 0 Å². The number of hydrogen-bond donors (Lipinski definition) is 0. The predicted molar refractivity (Wildman–Crippen MR) is 82.4 cm³/mol. The van der Waals surface area contributed by atoms with Gasteiger partial charge in [0.2, 0.25) is 0 Å². The van der Waals surface area contributed by atoms with Crippen molar-refractivity contribution >= 4 is 33.5 Å². The van der Waals surface area contributed by atoms with E-state index in [1.807, 2.05) is 6.20 Å². The van der Waals surface area contributed by atoms with Gasteiger partial charge in [0, 0.05) is 20.7 Å². The van der Waals surface area contributed by atoms with Crippen LogP contribution >= 0.6 is 22.6 Å². The molecule has 0 spiro atoms. The van der Waals surface area contributed by atoms with Gasteiger partial charge < -0.3 is 0 Å². The molecule has 2 nitrogen and oxygen atoms in total. The van der Waals surface area contributed by atoms with E-state index in [0.29, 0.717) is 0 Å². The Morgan fingerprint density at radius 2 is 1.78 bits per heavy atom. The maximum absolute atomic E-state index is 4.62. The van der Waals surface area contributed by atoms with Crippen molar-refractivity contribution in [1.82, 2.24) is 9.97 Å². The molecule has 0 unspecified atom stereocenters. The third-order valence-electron chi connectivity index (χ3n) is 2.84. The van der Waals surface area contributed by atoms with Crippen LogP contribution in [0.25, 0.3) is 22.3 Å². The van der Waals surface area contributed by atoms with Crippen LogP contribution in [0.4, 0.5) is 0 Å². The Balaban J connectivity index is 2.15. The maximum atomic E-state index is 4.62. The predicted octanol–water partition coefficient (Wildman–Crippen LogP) is 4.21. The number of halogens is 1. The van der Waals surface area contributed by atoms with Gasteiger partial charge in [-0.2, -0.15) is 0 Å². The molecule has 0 aliphatic heterocycles. The molecular weight excluding hydrogens is 335 g/mol. The standard InChI is InChI=1S/C15H11IN2/c1-10-2-3-12-9-17-15(18-14(12)8-10)11-4-6-13(16)7-5-11/h2-9H,1H3. The molecule has 0 aliphatic rings. The molecule has 88 valence electrons. The minimum Gasteiger partial charge on any atom is -0.236 e. The van der Waals surface area contributed by atoms with Gasteiger partial charge in [-0.3, -0.25) is 0 Å². The van der Waals surface area contributed by atoms with E-state index < -0.39 is 0 Å². The minimum atomic E-state index is 0.782. The van der Waals surface area contributed by atoms with Crippen LogP contribution in [-0.2, 0) is 0 Å². The molecular formula is C15H11IN2. The van der Waals surface area contributed by atoms with E-state index in [1.165, 1.54) is 9.13 Å². The first-order valence-corrected chi connectivity index (χ1v) is 6.79. The summed E-state index contributed by atoms with van der Waals surface area (Å²) in [5.74, 6) is 0.782. The first kappa shape index (κ1) is 11.6. The molecule has 1 aromatic heterocycles. The molecule has 0 bridgehead atoms. The zero-order valence-corrected chi connectivity index (χ0v) is 12.0. The van der Waals surface area contributed by atoms with E-state index in [1.54, 1.807) is 0 Å². The highest BCUT2D eigenvalue weighted by Crippen LogP contribution is 2.20. The highest BCUT2D eigenvalue weighted by molar-refractivity contribution is 14.1. The molecule has 1 heterocycles. The molecule has 0 fully saturated rings. The topological polar surface area (TPSA) is 25.8 Å². The summed E-state index contributed by atoms with van der Waals surface area (Å²) in [7, 11) is 0. The van der Waals surface area contributed by atoms with E-state index in [2.05, 4.69) is 81.9 Å². The SMILES string of the molecule is Cc1ccc2cnc(-c3ccc(I)cc3)nc2c1. The summed E-state index contributed by atoms with van der Waals surface area (Å²) >= 11 is 2.29. The van der Waals surface area contributed by atoms with E-state index in [-0.39, 0.29) is 0 Å². The van der Waals surface area contributed by atoms with Crippen LogP contribution < -0.4 is 0 Å². The van der Waals surface area contributed by atoms with Crippen LogP contribution in [0.5, 0.6) is 0 Å². The Labute approximate surface area is 119 Å². The van der Waals surface area contributed by atoms with Crippen molar-refractivity contribution in [2.45, 2.75) is 6.92 Å². The number of aryl methyl sites for hydroxylation is 1. The van der Waals surface area contributed by atoms with Crippen molar-refractivity contribution in [1.29, 1.82) is 0 Å². The second-order valence-electron chi connectivity index (χ2n) is 4.26. The first-order chi connectivity index (χ1) is 8.72. The summed E-state index contributed by atoms with van der Waals surface area (Å²) < 4.78 is 1.22. The molecule has 3 heteroatoms. The number of rotatable bonds is 1. The average molecular weight is 346 g/mol. The summed E-state index contributed by atoms with van der Waals surface area (Å²) in [5.41, 5.74) is 3.27. The number of hydrogen-bond acceptors (Lipinski definition) is 2. The average Bonchev–Trinajstić information content (AvgIpc) is 2.38. The molecule has 0 N–H and O–H groups in total. The number of aromatic nitrogens is 2. The highest BCUT2D eigenvalue weighted by Gasteiger charge is 2.03. The molecule has 0 saturated heterocycles. The fraction of sp³-hybridized carbons (Fsp3) is 0.0667. The number of fused-ring (bicyclic) bond motifs is 1. The lowest BCUT2D eigenvalue weighted by Gasteiger charge is -2.03. The Bertz CT molecular complexity index is 705. The lowest BCUT2D eigenvalue weighted by Crippen LogP contribution is -1.90. The van der Waals surface area contributed by atoms with Gasteiger partial charge in [-0.1, -0.05) is 24.3 Å². The number of nitrogens with zero attached hydrogens (tertiary/aromatic N) is 2. The van der Waals surface area contributed by atoms with E-state index in [0.717, 1.165) is 22.3 Å². The molecule has 0 atom stereocenters. The Hall–Kier alpha value is -1.49. The van der Waals surface area contributed by atoms with E-state index >= 15 is 0 Å². The smallest absolute Gasteiger partial charge is 0.159 e. The zero-order chi connectivity index (χ0) is 12.5. The third-order valence-corrected chi connectivity index (χ3v) is 3.56. The molecule has 0 radical (unpaired) electrons. The van der Waals surface area contributed by atoms with E-state index in [9.17, 15) is 0 Å². The zero-order valence-electron chi connectivity index (χ0n) is 9.89. The highest BCUT2D eigenvalue weighted by atomic mass is 127. The van der Waals surface area contributed by atoms with Gasteiger partial charge in [-0.25, -0.2) is 9.97 Å². The molecule has 3 rings (SSSR count). The molecule has 18 heavy (non-hydrogen) atoms. The molecule has 0 saturated carbocycles. The first-order valence-electron chi connectivity index (χ1n) is 5.72. The summed E-state index contributed by atoms with van der Waals surface area (Å²) in [5, 5.41) is 1.08. The van der Waals surface area contributed by atoms with Crippen molar-refractivity contribution in [3.8, 4) is 11.4 Å². The van der Waals surface area contributed by atoms with Crippen molar-refractivity contribution < 1.29 is 0 Å². The summed E-state index contributed by atoms with van der Waals surface area (Å²) in [4.78, 5) is 9.05. The fourth-order valence-corrected chi connectivity index (χ4v) is 2.23. The van der Waals surface area contributed by atoms with Crippen LogP contribution in [0.3, 0.4) is 0 Å².